The zero-order valence-corrected chi connectivity index (χ0v) is 14.1. The van der Waals surface area contributed by atoms with E-state index in [4.69, 9.17) is 4.98 Å². The Morgan fingerprint density at radius 2 is 1.92 bits per heavy atom. The molecule has 24 heavy (non-hydrogen) atoms. The van der Waals surface area contributed by atoms with Gasteiger partial charge in [0.15, 0.2) is 0 Å². The first kappa shape index (κ1) is 15.1. The van der Waals surface area contributed by atoms with Gasteiger partial charge in [0.05, 0.1) is 15.9 Å². The van der Waals surface area contributed by atoms with Gasteiger partial charge in [0.25, 0.3) is 0 Å². The summed E-state index contributed by atoms with van der Waals surface area (Å²) in [5.74, 6) is 0.173. The third-order valence-corrected chi connectivity index (χ3v) is 5.42. The van der Waals surface area contributed by atoms with Crippen LogP contribution >= 0.6 is 11.3 Å². The van der Waals surface area contributed by atoms with Gasteiger partial charge in [0.2, 0.25) is 5.91 Å². The van der Waals surface area contributed by atoms with Crippen molar-refractivity contribution >= 4 is 33.1 Å². The molecule has 1 aliphatic rings. The standard InChI is InChI=1S/C20H18N2OS/c23-19(14-8-2-1-3-9-14)21-16-11-5-4-10-15(16)20-22-17-12-6-7-13-18(17)24-20/h1-2,4-7,10-14H,3,8-9H2,(H,21,23)/t14-/m1/s1. The second-order valence-corrected chi connectivity index (χ2v) is 7.03. The van der Waals surface area contributed by atoms with E-state index in [1.165, 1.54) is 0 Å². The summed E-state index contributed by atoms with van der Waals surface area (Å²) < 4.78 is 1.16. The molecule has 2 aromatic carbocycles. The SMILES string of the molecule is O=C(Nc1ccccc1-c1nc2ccccc2s1)[C@@H]1CC=CCC1. The maximum Gasteiger partial charge on any atom is 0.227 e. The van der Waals surface area contributed by atoms with Gasteiger partial charge in [-0.05, 0) is 43.5 Å². The van der Waals surface area contributed by atoms with E-state index in [9.17, 15) is 4.79 Å². The molecule has 1 N–H and O–H groups in total. The van der Waals surface area contributed by atoms with Crippen LogP contribution < -0.4 is 5.32 Å². The molecule has 120 valence electrons. The topological polar surface area (TPSA) is 42.0 Å². The lowest BCUT2D eigenvalue weighted by molar-refractivity contribution is -0.120. The monoisotopic (exact) mass is 334 g/mol. The average molecular weight is 334 g/mol. The summed E-state index contributed by atoms with van der Waals surface area (Å²) in [4.78, 5) is 17.3. The van der Waals surface area contributed by atoms with Gasteiger partial charge >= 0.3 is 0 Å². The van der Waals surface area contributed by atoms with E-state index in [0.717, 1.165) is 45.7 Å². The van der Waals surface area contributed by atoms with E-state index >= 15 is 0 Å². The van der Waals surface area contributed by atoms with Crippen LogP contribution in [0.25, 0.3) is 20.8 Å². The first-order chi connectivity index (χ1) is 11.8. The zero-order chi connectivity index (χ0) is 16.4. The van der Waals surface area contributed by atoms with Crippen LogP contribution in [-0.2, 0) is 4.79 Å². The van der Waals surface area contributed by atoms with Crippen LogP contribution in [0.4, 0.5) is 5.69 Å². The fourth-order valence-electron chi connectivity index (χ4n) is 3.03. The number of allylic oxidation sites excluding steroid dienone is 2. The van der Waals surface area contributed by atoms with E-state index in [-0.39, 0.29) is 11.8 Å². The van der Waals surface area contributed by atoms with Crippen LogP contribution in [0.2, 0.25) is 0 Å². The molecule has 1 heterocycles. The van der Waals surface area contributed by atoms with Crippen LogP contribution in [0.15, 0.2) is 60.7 Å². The molecule has 0 spiro atoms. The molecule has 3 nitrogen and oxygen atoms in total. The van der Waals surface area contributed by atoms with Crippen molar-refractivity contribution in [2.75, 3.05) is 5.32 Å². The third-order valence-electron chi connectivity index (χ3n) is 4.35. The number of fused-ring (bicyclic) bond motifs is 1. The quantitative estimate of drug-likeness (QED) is 0.664. The highest BCUT2D eigenvalue weighted by molar-refractivity contribution is 7.21. The van der Waals surface area contributed by atoms with Gasteiger partial charge < -0.3 is 5.32 Å². The lowest BCUT2D eigenvalue weighted by Crippen LogP contribution is -2.23. The molecule has 0 fully saturated rings. The fourth-order valence-corrected chi connectivity index (χ4v) is 4.04. The Morgan fingerprint density at radius 3 is 2.75 bits per heavy atom. The summed E-state index contributed by atoms with van der Waals surface area (Å²) >= 11 is 1.65. The van der Waals surface area contributed by atoms with Crippen LogP contribution in [0, 0.1) is 5.92 Å². The normalized spacial score (nSPS) is 17.1. The Morgan fingerprint density at radius 1 is 1.08 bits per heavy atom. The molecule has 3 aromatic rings. The zero-order valence-electron chi connectivity index (χ0n) is 13.2. The minimum Gasteiger partial charge on any atom is -0.325 e. The first-order valence-corrected chi connectivity index (χ1v) is 9.04. The van der Waals surface area contributed by atoms with Gasteiger partial charge in [-0.15, -0.1) is 11.3 Å². The molecule has 4 rings (SSSR count). The van der Waals surface area contributed by atoms with Gasteiger partial charge in [-0.25, -0.2) is 4.98 Å². The second-order valence-electron chi connectivity index (χ2n) is 6.00. The van der Waals surface area contributed by atoms with Crippen molar-refractivity contribution in [3.05, 3.63) is 60.7 Å². The van der Waals surface area contributed by atoms with Crippen molar-refractivity contribution in [3.63, 3.8) is 0 Å². The van der Waals surface area contributed by atoms with E-state index < -0.39 is 0 Å². The number of nitrogens with zero attached hydrogens (tertiary/aromatic N) is 1. The number of thiazole rings is 1. The Hall–Kier alpha value is -2.46. The lowest BCUT2D eigenvalue weighted by Gasteiger charge is -2.18. The molecule has 4 heteroatoms. The van der Waals surface area contributed by atoms with E-state index in [1.807, 2.05) is 42.5 Å². The Kier molecular flexibility index (Phi) is 4.13. The highest BCUT2D eigenvalue weighted by atomic mass is 32.1. The minimum absolute atomic E-state index is 0.0680. The summed E-state index contributed by atoms with van der Waals surface area (Å²) in [7, 11) is 0. The highest BCUT2D eigenvalue weighted by Gasteiger charge is 2.20. The van der Waals surface area contributed by atoms with Gasteiger partial charge in [-0.3, -0.25) is 4.79 Å². The number of aromatic nitrogens is 1. The van der Waals surface area contributed by atoms with Crippen LogP contribution in [-0.4, -0.2) is 10.9 Å². The van der Waals surface area contributed by atoms with E-state index in [2.05, 4.69) is 23.5 Å². The van der Waals surface area contributed by atoms with E-state index in [1.54, 1.807) is 11.3 Å². The van der Waals surface area contributed by atoms with Crippen molar-refractivity contribution in [2.24, 2.45) is 5.92 Å². The molecule has 0 saturated heterocycles. The molecular weight excluding hydrogens is 316 g/mol. The van der Waals surface area contributed by atoms with Crippen molar-refractivity contribution in [1.29, 1.82) is 0 Å². The smallest absolute Gasteiger partial charge is 0.227 e. The molecule has 1 atom stereocenters. The van der Waals surface area contributed by atoms with Crippen molar-refractivity contribution < 1.29 is 4.79 Å². The molecule has 0 bridgehead atoms. The summed E-state index contributed by atoms with van der Waals surface area (Å²) in [6, 6.07) is 16.0. The number of carbonyl (C=O) groups excluding carboxylic acids is 1. The highest BCUT2D eigenvalue weighted by Crippen LogP contribution is 2.34. The number of para-hydroxylation sites is 2. The molecule has 0 aliphatic heterocycles. The summed E-state index contributed by atoms with van der Waals surface area (Å²) in [5, 5.41) is 4.06. The molecule has 0 saturated carbocycles. The number of carbonyl (C=O) groups is 1. The number of hydrogen-bond donors (Lipinski definition) is 1. The predicted octanol–water partition coefficient (Wildman–Crippen LogP) is 5.26. The van der Waals surface area contributed by atoms with Gasteiger partial charge in [-0.2, -0.15) is 0 Å². The molecule has 1 aromatic heterocycles. The maximum absolute atomic E-state index is 12.6. The second kappa shape index (κ2) is 6.57. The Labute approximate surface area is 145 Å². The Bertz CT molecular complexity index is 880. The van der Waals surface area contributed by atoms with E-state index in [0.29, 0.717) is 0 Å². The third kappa shape index (κ3) is 2.97. The number of amides is 1. The van der Waals surface area contributed by atoms with Crippen molar-refractivity contribution in [1.82, 2.24) is 4.98 Å². The Balaban J connectivity index is 1.65. The minimum atomic E-state index is 0.0680. The number of nitrogens with one attached hydrogen (secondary N) is 1. The molecular formula is C20H18N2OS. The fraction of sp³-hybridized carbons (Fsp3) is 0.200. The summed E-state index contributed by atoms with van der Waals surface area (Å²) in [6.45, 7) is 0. The van der Waals surface area contributed by atoms with Gasteiger partial charge in [0.1, 0.15) is 5.01 Å². The predicted molar refractivity (Wildman–Crippen MR) is 100 cm³/mol. The van der Waals surface area contributed by atoms with Crippen LogP contribution in [0.1, 0.15) is 19.3 Å². The lowest BCUT2D eigenvalue weighted by atomic mass is 9.93. The van der Waals surface area contributed by atoms with Crippen LogP contribution in [0.5, 0.6) is 0 Å². The summed E-state index contributed by atoms with van der Waals surface area (Å²) in [5.41, 5.74) is 2.82. The number of anilines is 1. The van der Waals surface area contributed by atoms with Crippen molar-refractivity contribution in [3.8, 4) is 10.6 Å². The van der Waals surface area contributed by atoms with Crippen LogP contribution in [0.3, 0.4) is 0 Å². The summed E-state index contributed by atoms with van der Waals surface area (Å²) in [6.07, 6.45) is 6.99. The number of benzene rings is 2. The average Bonchev–Trinajstić information content (AvgIpc) is 3.07. The molecule has 0 radical (unpaired) electrons. The number of hydrogen-bond acceptors (Lipinski definition) is 3. The molecule has 0 unspecified atom stereocenters. The largest absolute Gasteiger partial charge is 0.325 e. The van der Waals surface area contributed by atoms with Crippen molar-refractivity contribution in [2.45, 2.75) is 19.3 Å². The molecule has 1 amide bonds. The first-order valence-electron chi connectivity index (χ1n) is 8.22. The van der Waals surface area contributed by atoms with Gasteiger partial charge in [-0.1, -0.05) is 36.4 Å². The number of rotatable bonds is 3. The maximum atomic E-state index is 12.6. The van der Waals surface area contributed by atoms with Gasteiger partial charge in [0, 0.05) is 11.5 Å². The molecule has 1 aliphatic carbocycles.